The van der Waals surface area contributed by atoms with E-state index in [-0.39, 0.29) is 24.2 Å². The number of nitrogens with two attached hydrogens (primary N) is 1. The molecule has 0 saturated heterocycles. The number of anilines is 1. The average molecular weight is 333 g/mol. The van der Waals surface area contributed by atoms with Crippen LogP contribution < -0.4 is 11.1 Å². The van der Waals surface area contributed by atoms with Gasteiger partial charge in [0.15, 0.2) is 5.13 Å². The first-order chi connectivity index (χ1) is 11.0. The van der Waals surface area contributed by atoms with Gasteiger partial charge in [-0.2, -0.15) is 0 Å². The molecule has 0 radical (unpaired) electrons. The summed E-state index contributed by atoms with van der Waals surface area (Å²) in [7, 11) is 0. The molecule has 3 N–H and O–H groups in total. The normalized spacial score (nSPS) is 15.4. The number of rotatable bonds is 6. The van der Waals surface area contributed by atoms with Gasteiger partial charge in [0.1, 0.15) is 5.82 Å². The summed E-state index contributed by atoms with van der Waals surface area (Å²) in [4.78, 5) is 17.6. The molecule has 1 aliphatic rings. The molecule has 2 aromatic rings. The van der Waals surface area contributed by atoms with Crippen molar-refractivity contribution in [1.82, 2.24) is 4.98 Å². The topological polar surface area (TPSA) is 68.0 Å². The van der Waals surface area contributed by atoms with Crippen molar-refractivity contribution in [3.63, 3.8) is 0 Å². The standard InChI is InChI=1S/C17H20FN3OS/c1-10(19)8-15(22)20-17-21-16(12-4-5-12)14(23-17)9-11-2-6-13(18)7-3-11/h2-3,6-7,10,12H,4-5,8-9,19H2,1H3,(H,20,21,22). The van der Waals surface area contributed by atoms with E-state index in [0.717, 1.165) is 29.0 Å². The van der Waals surface area contributed by atoms with Gasteiger partial charge in [-0.1, -0.05) is 12.1 Å². The summed E-state index contributed by atoms with van der Waals surface area (Å²) in [6.07, 6.45) is 3.29. The van der Waals surface area contributed by atoms with E-state index in [0.29, 0.717) is 17.5 Å². The van der Waals surface area contributed by atoms with Crippen molar-refractivity contribution in [2.24, 2.45) is 5.73 Å². The highest BCUT2D eigenvalue weighted by molar-refractivity contribution is 7.15. The lowest BCUT2D eigenvalue weighted by Crippen LogP contribution is -2.23. The molecular formula is C17H20FN3OS. The Morgan fingerprint density at radius 2 is 2.13 bits per heavy atom. The lowest BCUT2D eigenvalue weighted by Gasteiger charge is -2.03. The number of hydrogen-bond acceptors (Lipinski definition) is 4. The average Bonchev–Trinajstić information content (AvgIpc) is 3.24. The van der Waals surface area contributed by atoms with E-state index in [1.54, 1.807) is 19.1 Å². The molecule has 4 nitrogen and oxygen atoms in total. The van der Waals surface area contributed by atoms with Crippen LogP contribution in [0.3, 0.4) is 0 Å². The van der Waals surface area contributed by atoms with Crippen LogP contribution in [0.2, 0.25) is 0 Å². The van der Waals surface area contributed by atoms with E-state index in [2.05, 4.69) is 10.3 Å². The largest absolute Gasteiger partial charge is 0.327 e. The summed E-state index contributed by atoms with van der Waals surface area (Å²) in [5.74, 6) is 0.162. The Hall–Kier alpha value is -1.79. The van der Waals surface area contributed by atoms with Gasteiger partial charge in [-0.15, -0.1) is 11.3 Å². The molecule has 3 rings (SSSR count). The van der Waals surface area contributed by atoms with Crippen molar-refractivity contribution in [2.45, 2.75) is 44.6 Å². The van der Waals surface area contributed by atoms with E-state index < -0.39 is 0 Å². The fourth-order valence-corrected chi connectivity index (χ4v) is 3.57. The Bertz CT molecular complexity index is 692. The molecule has 1 unspecified atom stereocenters. The maximum Gasteiger partial charge on any atom is 0.227 e. The number of amides is 1. The second kappa shape index (κ2) is 6.76. The summed E-state index contributed by atoms with van der Waals surface area (Å²) in [6, 6.07) is 6.36. The lowest BCUT2D eigenvalue weighted by molar-refractivity contribution is -0.116. The highest BCUT2D eigenvalue weighted by atomic mass is 32.1. The molecule has 1 aliphatic carbocycles. The molecule has 122 valence electrons. The van der Waals surface area contributed by atoms with Crippen molar-refractivity contribution in [1.29, 1.82) is 0 Å². The Morgan fingerprint density at radius 1 is 1.43 bits per heavy atom. The number of nitrogens with one attached hydrogen (secondary N) is 1. The number of thiazole rings is 1. The summed E-state index contributed by atoms with van der Waals surface area (Å²) in [5.41, 5.74) is 7.77. The molecule has 1 saturated carbocycles. The minimum Gasteiger partial charge on any atom is -0.327 e. The maximum absolute atomic E-state index is 13.0. The first-order valence-electron chi connectivity index (χ1n) is 7.80. The molecule has 1 atom stereocenters. The Balaban J connectivity index is 1.76. The third-order valence-corrected chi connectivity index (χ3v) is 4.71. The second-order valence-corrected chi connectivity index (χ2v) is 7.22. The van der Waals surface area contributed by atoms with E-state index >= 15 is 0 Å². The number of hydrogen-bond donors (Lipinski definition) is 2. The monoisotopic (exact) mass is 333 g/mol. The lowest BCUT2D eigenvalue weighted by atomic mass is 10.1. The number of carbonyl (C=O) groups is 1. The molecule has 1 heterocycles. The highest BCUT2D eigenvalue weighted by Gasteiger charge is 2.30. The van der Waals surface area contributed by atoms with Gasteiger partial charge in [0.05, 0.1) is 5.69 Å². The van der Waals surface area contributed by atoms with Gasteiger partial charge >= 0.3 is 0 Å². The van der Waals surface area contributed by atoms with Crippen LogP contribution in [-0.4, -0.2) is 16.9 Å². The number of benzene rings is 1. The fourth-order valence-electron chi connectivity index (χ4n) is 2.47. The summed E-state index contributed by atoms with van der Waals surface area (Å²) < 4.78 is 13.0. The molecule has 1 amide bonds. The number of carbonyl (C=O) groups excluding carboxylic acids is 1. The predicted octanol–water partition coefficient (Wildman–Crippen LogP) is 3.43. The van der Waals surface area contributed by atoms with Crippen molar-refractivity contribution in [3.05, 3.63) is 46.2 Å². The second-order valence-electron chi connectivity index (χ2n) is 6.13. The van der Waals surface area contributed by atoms with Gasteiger partial charge in [0.2, 0.25) is 5.91 Å². The molecule has 6 heteroatoms. The van der Waals surface area contributed by atoms with Gasteiger partial charge in [-0.25, -0.2) is 9.37 Å². The quantitative estimate of drug-likeness (QED) is 0.851. The smallest absolute Gasteiger partial charge is 0.227 e. The van der Waals surface area contributed by atoms with E-state index in [1.807, 2.05) is 0 Å². The van der Waals surface area contributed by atoms with Crippen molar-refractivity contribution < 1.29 is 9.18 Å². The van der Waals surface area contributed by atoms with E-state index in [4.69, 9.17) is 5.73 Å². The van der Waals surface area contributed by atoms with Crippen molar-refractivity contribution >= 4 is 22.4 Å². The van der Waals surface area contributed by atoms with Gasteiger partial charge in [-0.3, -0.25) is 4.79 Å². The molecule has 23 heavy (non-hydrogen) atoms. The van der Waals surface area contributed by atoms with Gasteiger partial charge in [0.25, 0.3) is 0 Å². The highest BCUT2D eigenvalue weighted by Crippen LogP contribution is 2.44. The first-order valence-corrected chi connectivity index (χ1v) is 8.62. The maximum atomic E-state index is 13.0. The SMILES string of the molecule is CC(N)CC(=O)Nc1nc(C2CC2)c(Cc2ccc(F)cc2)s1. The number of aromatic nitrogens is 1. The molecular weight excluding hydrogens is 313 g/mol. The summed E-state index contributed by atoms with van der Waals surface area (Å²) >= 11 is 1.50. The van der Waals surface area contributed by atoms with E-state index in [1.165, 1.54) is 23.5 Å². The van der Waals surface area contributed by atoms with Crippen LogP contribution >= 0.6 is 11.3 Å². The van der Waals surface area contributed by atoms with E-state index in [9.17, 15) is 9.18 Å². The number of halogens is 1. The van der Waals surface area contributed by atoms with Gasteiger partial charge in [0, 0.05) is 29.7 Å². The molecule has 1 aromatic carbocycles. The van der Waals surface area contributed by atoms with Crippen LogP contribution in [0.4, 0.5) is 9.52 Å². The van der Waals surface area contributed by atoms with Crippen molar-refractivity contribution in [2.75, 3.05) is 5.32 Å². The van der Waals surface area contributed by atoms with Crippen molar-refractivity contribution in [3.8, 4) is 0 Å². The molecule has 0 bridgehead atoms. The first kappa shape index (κ1) is 16.1. The minimum atomic E-state index is -0.232. The Morgan fingerprint density at radius 3 is 2.74 bits per heavy atom. The zero-order valence-electron chi connectivity index (χ0n) is 13.0. The third-order valence-electron chi connectivity index (χ3n) is 3.72. The van der Waals surface area contributed by atoms with Gasteiger partial charge in [-0.05, 0) is 37.5 Å². The van der Waals surface area contributed by atoms with Crippen LogP contribution in [0.25, 0.3) is 0 Å². The van der Waals surface area contributed by atoms with Crippen LogP contribution in [0.5, 0.6) is 0 Å². The Kier molecular flexibility index (Phi) is 4.73. The summed E-state index contributed by atoms with van der Waals surface area (Å²) in [6.45, 7) is 1.80. The zero-order chi connectivity index (χ0) is 16.4. The molecule has 1 aromatic heterocycles. The third kappa shape index (κ3) is 4.36. The van der Waals surface area contributed by atoms with Crippen LogP contribution in [0.15, 0.2) is 24.3 Å². The number of nitrogens with zero attached hydrogens (tertiary/aromatic N) is 1. The van der Waals surface area contributed by atoms with Gasteiger partial charge < -0.3 is 11.1 Å². The predicted molar refractivity (Wildman–Crippen MR) is 90.2 cm³/mol. The minimum absolute atomic E-state index is 0.107. The summed E-state index contributed by atoms with van der Waals surface area (Å²) in [5, 5.41) is 3.47. The molecule has 0 aliphatic heterocycles. The van der Waals surface area contributed by atoms with Crippen LogP contribution in [0, 0.1) is 5.82 Å². The molecule has 1 fully saturated rings. The molecule has 0 spiro atoms. The zero-order valence-corrected chi connectivity index (χ0v) is 13.8. The van der Waals surface area contributed by atoms with Crippen LogP contribution in [0.1, 0.15) is 48.2 Å². The fraction of sp³-hybridized carbons (Fsp3) is 0.412. The Labute approximate surface area is 138 Å². The van der Waals surface area contributed by atoms with Crippen LogP contribution in [-0.2, 0) is 11.2 Å².